The molecule has 77 heavy (non-hydrogen) atoms. The van der Waals surface area contributed by atoms with E-state index in [0.717, 1.165) is 38.5 Å². The highest BCUT2D eigenvalue weighted by atomic mass is 16.7. The van der Waals surface area contributed by atoms with E-state index < -0.39 is 49.5 Å². The number of ether oxygens (including phenoxy) is 2. The van der Waals surface area contributed by atoms with Gasteiger partial charge in [0.1, 0.15) is 24.4 Å². The fourth-order valence-electron chi connectivity index (χ4n) is 11.8. The highest BCUT2D eigenvalue weighted by Gasteiger charge is 2.44. The van der Waals surface area contributed by atoms with Crippen LogP contribution >= 0.6 is 0 Å². The molecule has 9 heteroatoms. The topological polar surface area (TPSA) is 149 Å². The summed E-state index contributed by atoms with van der Waals surface area (Å²) in [5.74, 6) is -0.134. The van der Waals surface area contributed by atoms with Crippen molar-refractivity contribution in [1.29, 1.82) is 0 Å². The largest absolute Gasteiger partial charge is 0.394 e. The number of amides is 1. The SMILES string of the molecule is CCCCCCCCCCCCCCCCCCCCCCCCCCCCCCCCCCCCCC(=O)NC(COC1OC(CO)C(O)C(O)C1O)C(O)CCCCCCCCCCCCCCCCCCCCC. The summed E-state index contributed by atoms with van der Waals surface area (Å²) in [5, 5.41) is 54.9. The van der Waals surface area contributed by atoms with Crippen molar-refractivity contribution < 1.29 is 39.8 Å². The Bertz CT molecular complexity index is 1180. The van der Waals surface area contributed by atoms with Crippen molar-refractivity contribution in [1.82, 2.24) is 5.32 Å². The van der Waals surface area contributed by atoms with E-state index in [2.05, 4.69) is 19.2 Å². The monoisotopic (exact) mass is 1090 g/mol. The lowest BCUT2D eigenvalue weighted by atomic mass is 9.99. The van der Waals surface area contributed by atoms with Gasteiger partial charge < -0.3 is 40.3 Å². The van der Waals surface area contributed by atoms with Crippen LogP contribution in [0.4, 0.5) is 0 Å². The van der Waals surface area contributed by atoms with Gasteiger partial charge in [-0.15, -0.1) is 0 Å². The lowest BCUT2D eigenvalue weighted by Crippen LogP contribution is -2.60. The third kappa shape index (κ3) is 47.4. The standard InChI is InChI=1S/C68H135NO8/c1-3-5-7-9-11-13-15-17-19-21-23-24-25-26-27-28-29-30-31-32-33-34-35-36-37-38-40-42-44-46-48-50-52-54-56-58-64(72)69-61(60-76-68-67(75)66(74)65(73)63(59-70)77-68)62(71)57-55-53-51-49-47-45-43-41-39-22-20-18-16-14-12-10-8-6-4-2/h61-63,65-68,70-71,73-75H,3-60H2,1-2H3,(H,69,72). The molecule has 0 aromatic carbocycles. The molecule has 1 saturated heterocycles. The van der Waals surface area contributed by atoms with Gasteiger partial charge in [0.2, 0.25) is 5.91 Å². The number of rotatable bonds is 62. The number of aliphatic hydroxyl groups excluding tert-OH is 5. The van der Waals surface area contributed by atoms with E-state index in [4.69, 9.17) is 9.47 Å². The second kappa shape index (κ2) is 58.4. The normalized spacial score (nSPS) is 18.6. The van der Waals surface area contributed by atoms with E-state index in [1.807, 2.05) is 0 Å². The molecule has 7 atom stereocenters. The van der Waals surface area contributed by atoms with Crippen molar-refractivity contribution >= 4 is 5.91 Å². The zero-order chi connectivity index (χ0) is 55.8. The van der Waals surface area contributed by atoms with Crippen molar-refractivity contribution in [3.63, 3.8) is 0 Å². The highest BCUT2D eigenvalue weighted by Crippen LogP contribution is 2.24. The number of hydrogen-bond acceptors (Lipinski definition) is 8. The first-order valence-electron chi connectivity index (χ1n) is 34.7. The van der Waals surface area contributed by atoms with Crippen LogP contribution in [0.15, 0.2) is 0 Å². The fraction of sp³-hybridized carbons (Fsp3) is 0.985. The first kappa shape index (κ1) is 74.2. The minimum atomic E-state index is -1.55. The van der Waals surface area contributed by atoms with Gasteiger partial charge in [-0.2, -0.15) is 0 Å². The zero-order valence-electron chi connectivity index (χ0n) is 51.5. The average molecular weight is 1090 g/mol. The van der Waals surface area contributed by atoms with Crippen LogP contribution < -0.4 is 5.32 Å². The van der Waals surface area contributed by atoms with Gasteiger partial charge in [-0.25, -0.2) is 0 Å². The summed E-state index contributed by atoms with van der Waals surface area (Å²) in [5.41, 5.74) is 0. The summed E-state index contributed by atoms with van der Waals surface area (Å²) in [6.07, 6.45) is 66.1. The van der Waals surface area contributed by atoms with E-state index >= 15 is 0 Å². The van der Waals surface area contributed by atoms with E-state index in [0.29, 0.717) is 12.8 Å². The molecule has 1 amide bonds. The van der Waals surface area contributed by atoms with Crippen molar-refractivity contribution in [2.45, 2.75) is 416 Å². The molecular formula is C68H135NO8. The maximum Gasteiger partial charge on any atom is 0.220 e. The molecular weight excluding hydrogens is 959 g/mol. The molecule has 6 N–H and O–H groups in total. The molecule has 1 aliphatic heterocycles. The Morgan fingerprint density at radius 2 is 0.649 bits per heavy atom. The maximum absolute atomic E-state index is 13.1. The molecule has 1 fully saturated rings. The molecule has 9 nitrogen and oxygen atoms in total. The Labute approximate surface area is 478 Å². The molecule has 0 bridgehead atoms. The summed E-state index contributed by atoms with van der Waals surface area (Å²) < 4.78 is 11.4. The molecule has 7 unspecified atom stereocenters. The van der Waals surface area contributed by atoms with Crippen LogP contribution in [-0.4, -0.2) is 87.5 Å². The van der Waals surface area contributed by atoms with Gasteiger partial charge in [0, 0.05) is 6.42 Å². The Hall–Kier alpha value is -0.810. The van der Waals surface area contributed by atoms with Gasteiger partial charge >= 0.3 is 0 Å². The van der Waals surface area contributed by atoms with Crippen LogP contribution in [0.25, 0.3) is 0 Å². The minimum absolute atomic E-state index is 0.131. The quantitative estimate of drug-likeness (QED) is 0.0330. The van der Waals surface area contributed by atoms with Crippen LogP contribution in [0.2, 0.25) is 0 Å². The van der Waals surface area contributed by atoms with E-state index in [9.17, 15) is 30.3 Å². The summed E-state index contributed by atoms with van der Waals surface area (Å²) in [4.78, 5) is 13.1. The van der Waals surface area contributed by atoms with Gasteiger partial charge in [-0.3, -0.25) is 4.79 Å². The van der Waals surface area contributed by atoms with Crippen LogP contribution in [0.3, 0.4) is 0 Å². The third-order valence-corrected chi connectivity index (χ3v) is 17.2. The number of hydrogen-bond donors (Lipinski definition) is 6. The lowest BCUT2D eigenvalue weighted by molar-refractivity contribution is -0.302. The first-order chi connectivity index (χ1) is 37.8. The predicted octanol–water partition coefficient (Wildman–Crippen LogP) is 18.5. The second-order valence-corrected chi connectivity index (χ2v) is 24.7. The number of aliphatic hydroxyl groups is 5. The number of carbonyl (C=O) groups is 1. The Kier molecular flexibility index (Phi) is 56.3. The molecule has 0 aliphatic carbocycles. The molecule has 1 aliphatic rings. The molecule has 0 aromatic heterocycles. The van der Waals surface area contributed by atoms with Crippen molar-refractivity contribution in [2.75, 3.05) is 13.2 Å². The number of carbonyl (C=O) groups excluding carboxylic acids is 1. The molecule has 0 aromatic rings. The van der Waals surface area contributed by atoms with Crippen LogP contribution in [0.1, 0.15) is 373 Å². The Morgan fingerprint density at radius 1 is 0.390 bits per heavy atom. The molecule has 0 spiro atoms. The lowest BCUT2D eigenvalue weighted by Gasteiger charge is -2.40. The van der Waals surface area contributed by atoms with Gasteiger partial charge in [-0.1, -0.05) is 354 Å². The van der Waals surface area contributed by atoms with Crippen LogP contribution in [0, 0.1) is 0 Å². The summed E-state index contributed by atoms with van der Waals surface area (Å²) in [6, 6.07) is -0.714. The maximum atomic E-state index is 13.1. The van der Waals surface area contributed by atoms with Crippen LogP contribution in [0.5, 0.6) is 0 Å². The van der Waals surface area contributed by atoms with E-state index in [1.165, 1.54) is 308 Å². The van der Waals surface area contributed by atoms with Crippen molar-refractivity contribution in [2.24, 2.45) is 0 Å². The average Bonchev–Trinajstić information content (AvgIpc) is 3.43. The van der Waals surface area contributed by atoms with Gasteiger partial charge in [0.05, 0.1) is 25.4 Å². The molecule has 0 radical (unpaired) electrons. The molecule has 0 saturated carbocycles. The fourth-order valence-corrected chi connectivity index (χ4v) is 11.8. The molecule has 1 heterocycles. The first-order valence-corrected chi connectivity index (χ1v) is 34.7. The molecule has 460 valence electrons. The van der Waals surface area contributed by atoms with Crippen LogP contribution in [-0.2, 0) is 14.3 Å². The van der Waals surface area contributed by atoms with E-state index in [1.54, 1.807) is 0 Å². The van der Waals surface area contributed by atoms with Crippen molar-refractivity contribution in [3.8, 4) is 0 Å². The second-order valence-electron chi connectivity index (χ2n) is 24.7. The summed E-state index contributed by atoms with van der Waals surface area (Å²) in [7, 11) is 0. The number of nitrogens with one attached hydrogen (secondary N) is 1. The van der Waals surface area contributed by atoms with Gasteiger partial charge in [0.15, 0.2) is 6.29 Å². The summed E-state index contributed by atoms with van der Waals surface area (Å²) in [6.45, 7) is 3.90. The minimum Gasteiger partial charge on any atom is -0.394 e. The highest BCUT2D eigenvalue weighted by molar-refractivity contribution is 5.76. The van der Waals surface area contributed by atoms with Crippen molar-refractivity contribution in [3.05, 3.63) is 0 Å². The van der Waals surface area contributed by atoms with E-state index in [-0.39, 0.29) is 12.5 Å². The number of unbranched alkanes of at least 4 members (excludes halogenated alkanes) is 52. The predicted molar refractivity (Wildman–Crippen MR) is 328 cm³/mol. The molecule has 1 rings (SSSR count). The Morgan fingerprint density at radius 3 is 0.922 bits per heavy atom. The third-order valence-electron chi connectivity index (χ3n) is 17.2. The zero-order valence-corrected chi connectivity index (χ0v) is 51.5. The smallest absolute Gasteiger partial charge is 0.220 e. The van der Waals surface area contributed by atoms with Gasteiger partial charge in [-0.05, 0) is 12.8 Å². The Balaban J connectivity index is 2.05. The summed E-state index contributed by atoms with van der Waals surface area (Å²) >= 11 is 0. The van der Waals surface area contributed by atoms with Gasteiger partial charge in [0.25, 0.3) is 0 Å².